The molecule has 0 fully saturated rings. The van der Waals surface area contributed by atoms with Gasteiger partial charge in [-0.3, -0.25) is 0 Å². The third-order valence-corrected chi connectivity index (χ3v) is 6.21. The van der Waals surface area contributed by atoms with Crippen molar-refractivity contribution in [2.45, 2.75) is 39.0 Å². The predicted molar refractivity (Wildman–Crippen MR) is 138 cm³/mol. The highest BCUT2D eigenvalue weighted by molar-refractivity contribution is 9.10. The van der Waals surface area contributed by atoms with E-state index >= 15 is 0 Å². The normalized spacial score (nSPS) is 12.7. The zero-order valence-corrected chi connectivity index (χ0v) is 21.9. The van der Waals surface area contributed by atoms with Crippen molar-refractivity contribution in [3.63, 3.8) is 0 Å². The third kappa shape index (κ3) is 5.64. The number of phenolic OH excluding ortho intramolecular Hbond substituents is 1. The minimum Gasteiger partial charge on any atom is -0.507 e. The van der Waals surface area contributed by atoms with Crippen LogP contribution in [0.5, 0.6) is 11.5 Å². The molecule has 0 saturated heterocycles. The van der Waals surface area contributed by atoms with Crippen LogP contribution in [0.2, 0.25) is 0 Å². The molecular formula is C28H26BrF4NO2. The molecule has 0 radical (unpaired) electrons. The van der Waals surface area contributed by atoms with Gasteiger partial charge in [0.2, 0.25) is 11.6 Å². The van der Waals surface area contributed by atoms with Gasteiger partial charge in [-0.25, -0.2) is 13.8 Å². The Bertz CT molecular complexity index is 1290. The average Bonchev–Trinajstić information content (AvgIpc) is 2.83. The van der Waals surface area contributed by atoms with Gasteiger partial charge in [-0.05, 0) is 28.7 Å². The van der Waals surface area contributed by atoms with Gasteiger partial charge in [0, 0.05) is 27.7 Å². The van der Waals surface area contributed by atoms with Crippen LogP contribution in [0.1, 0.15) is 55.9 Å². The molecule has 190 valence electrons. The summed E-state index contributed by atoms with van der Waals surface area (Å²) < 4.78 is 62.8. The predicted octanol–water partition coefficient (Wildman–Crippen LogP) is 8.48. The van der Waals surface area contributed by atoms with Crippen molar-refractivity contribution in [2.24, 2.45) is 4.99 Å². The number of ether oxygens (including phenoxy) is 1. The van der Waals surface area contributed by atoms with Crippen molar-refractivity contribution in [1.82, 2.24) is 0 Å². The molecule has 0 spiro atoms. The summed E-state index contributed by atoms with van der Waals surface area (Å²) in [5.41, 5.74) is 1.54. The largest absolute Gasteiger partial charge is 0.507 e. The maximum absolute atomic E-state index is 14.5. The molecule has 0 saturated carbocycles. The Hall–Kier alpha value is -3.13. The van der Waals surface area contributed by atoms with Crippen LogP contribution < -0.4 is 4.74 Å². The summed E-state index contributed by atoms with van der Waals surface area (Å²) in [6, 6.07) is 11.2. The van der Waals surface area contributed by atoms with E-state index in [2.05, 4.69) is 48.3 Å². The number of hydrogen-bond acceptors (Lipinski definition) is 3. The fourth-order valence-corrected chi connectivity index (χ4v) is 4.13. The molecule has 0 aromatic heterocycles. The summed E-state index contributed by atoms with van der Waals surface area (Å²) in [7, 11) is 0. The molecule has 3 rings (SSSR count). The third-order valence-electron chi connectivity index (χ3n) is 5.76. The second kappa shape index (κ2) is 10.9. The Morgan fingerprint density at radius 2 is 1.61 bits per heavy atom. The topological polar surface area (TPSA) is 41.8 Å². The molecule has 1 unspecified atom stereocenters. The lowest BCUT2D eigenvalue weighted by molar-refractivity contribution is 0.303. The average molecular weight is 564 g/mol. The fourth-order valence-electron chi connectivity index (χ4n) is 3.64. The smallest absolute Gasteiger partial charge is 0.206 e. The lowest BCUT2D eigenvalue weighted by atomic mass is 9.84. The Morgan fingerprint density at radius 1 is 1.03 bits per heavy atom. The van der Waals surface area contributed by atoms with Gasteiger partial charge < -0.3 is 9.84 Å². The van der Waals surface area contributed by atoms with Crippen molar-refractivity contribution >= 4 is 27.8 Å². The molecule has 1 N–H and O–H groups in total. The monoisotopic (exact) mass is 563 g/mol. The second-order valence-electron chi connectivity index (χ2n) is 9.32. The number of benzene rings is 3. The van der Waals surface area contributed by atoms with Crippen molar-refractivity contribution in [2.75, 3.05) is 6.61 Å². The second-order valence-corrected chi connectivity index (χ2v) is 10.2. The summed E-state index contributed by atoms with van der Waals surface area (Å²) >= 11 is 3.37. The first kappa shape index (κ1) is 27.5. The number of rotatable bonds is 7. The van der Waals surface area contributed by atoms with Gasteiger partial charge in [0.1, 0.15) is 18.0 Å². The van der Waals surface area contributed by atoms with Crippen molar-refractivity contribution in [3.8, 4) is 11.5 Å². The highest BCUT2D eigenvalue weighted by Gasteiger charge is 2.26. The van der Waals surface area contributed by atoms with Crippen LogP contribution in [0.25, 0.3) is 0 Å². The molecule has 0 amide bonds. The molecule has 3 nitrogen and oxygen atoms in total. The maximum Gasteiger partial charge on any atom is 0.206 e. The summed E-state index contributed by atoms with van der Waals surface area (Å²) in [4.78, 5) is 3.62. The van der Waals surface area contributed by atoms with E-state index in [9.17, 15) is 22.7 Å². The van der Waals surface area contributed by atoms with E-state index in [0.29, 0.717) is 10.0 Å². The Morgan fingerprint density at radius 3 is 2.14 bits per heavy atom. The lowest BCUT2D eigenvalue weighted by Gasteiger charge is -2.21. The number of aromatic hydroxyl groups is 1. The molecule has 8 heteroatoms. The molecule has 1 atom stereocenters. The molecule has 0 aliphatic heterocycles. The van der Waals surface area contributed by atoms with E-state index in [1.165, 1.54) is 12.1 Å². The fraction of sp³-hybridized carbons (Fsp3) is 0.250. The number of nitrogens with zero attached hydrogens (tertiary/aromatic N) is 1. The Balaban J connectivity index is 2.00. The van der Waals surface area contributed by atoms with E-state index in [1.807, 2.05) is 31.2 Å². The van der Waals surface area contributed by atoms with Gasteiger partial charge in [-0.1, -0.05) is 80.5 Å². The standard InChI is InChI=1S/C28H26BrF4NO2/c1-6-11-36-27-23(32)21(30)25(22(31)24(27)33)34-14-17-12-19(29)13-20(26(17)35)15(2)16-7-9-18(10-8-16)28(3,4)5/h6-10,12-15,35H,1,11H2,2-5H3. The highest BCUT2D eigenvalue weighted by atomic mass is 79.9. The molecule has 3 aromatic carbocycles. The lowest BCUT2D eigenvalue weighted by Crippen LogP contribution is -2.11. The SMILES string of the molecule is C=CCOc1c(F)c(F)c(N=Cc2cc(Br)cc(C(C)c3ccc(C(C)(C)C)cc3)c2O)c(F)c1F. The van der Waals surface area contributed by atoms with Crippen molar-refractivity contribution in [1.29, 1.82) is 0 Å². The van der Waals surface area contributed by atoms with E-state index in [0.717, 1.165) is 17.3 Å². The summed E-state index contributed by atoms with van der Waals surface area (Å²) in [5, 5.41) is 10.9. The Labute approximate surface area is 216 Å². The van der Waals surface area contributed by atoms with Gasteiger partial charge in [0.25, 0.3) is 0 Å². The van der Waals surface area contributed by atoms with Crippen LogP contribution in [0, 0.1) is 23.3 Å². The van der Waals surface area contributed by atoms with Crippen molar-refractivity contribution in [3.05, 3.63) is 99.0 Å². The first-order valence-corrected chi connectivity index (χ1v) is 11.9. The first-order chi connectivity index (χ1) is 16.9. The van der Waals surface area contributed by atoms with E-state index < -0.39 is 34.7 Å². The van der Waals surface area contributed by atoms with E-state index in [1.54, 1.807) is 6.07 Å². The van der Waals surface area contributed by atoms with Gasteiger partial charge in [0.05, 0.1) is 0 Å². The molecular weight excluding hydrogens is 538 g/mol. The van der Waals surface area contributed by atoms with Crippen LogP contribution >= 0.6 is 15.9 Å². The summed E-state index contributed by atoms with van der Waals surface area (Å²) in [5.74, 6) is -8.47. The Kier molecular flexibility index (Phi) is 8.29. The van der Waals surface area contributed by atoms with Crippen molar-refractivity contribution < 1.29 is 27.4 Å². The molecule has 3 aromatic rings. The van der Waals surface area contributed by atoms with Crippen LogP contribution in [-0.2, 0) is 5.41 Å². The van der Waals surface area contributed by atoms with Crippen LogP contribution in [0.3, 0.4) is 0 Å². The van der Waals surface area contributed by atoms with Crippen LogP contribution in [-0.4, -0.2) is 17.9 Å². The number of aliphatic imine (C=N–C) groups is 1. The zero-order chi connectivity index (χ0) is 26.8. The van der Waals surface area contributed by atoms with E-state index in [4.69, 9.17) is 4.74 Å². The summed E-state index contributed by atoms with van der Waals surface area (Å²) in [6.45, 7) is 11.2. The minimum absolute atomic E-state index is 0.0111. The molecule has 0 heterocycles. The summed E-state index contributed by atoms with van der Waals surface area (Å²) in [6.07, 6.45) is 2.12. The highest BCUT2D eigenvalue weighted by Crippen LogP contribution is 2.38. The zero-order valence-electron chi connectivity index (χ0n) is 20.3. The number of halogens is 5. The molecule has 0 aliphatic rings. The quantitative estimate of drug-likeness (QED) is 0.135. The van der Waals surface area contributed by atoms with Gasteiger partial charge >= 0.3 is 0 Å². The molecule has 0 bridgehead atoms. The maximum atomic E-state index is 14.5. The van der Waals surface area contributed by atoms with Gasteiger partial charge in [-0.2, -0.15) is 8.78 Å². The van der Waals surface area contributed by atoms with E-state index in [-0.39, 0.29) is 29.3 Å². The number of phenols is 1. The molecule has 36 heavy (non-hydrogen) atoms. The van der Waals surface area contributed by atoms with Crippen LogP contribution in [0.15, 0.2) is 58.5 Å². The molecule has 0 aliphatic carbocycles. The van der Waals surface area contributed by atoms with Gasteiger partial charge in [0.15, 0.2) is 17.4 Å². The minimum atomic E-state index is -1.72. The number of hydrogen-bond donors (Lipinski definition) is 1. The van der Waals surface area contributed by atoms with Crippen LogP contribution in [0.4, 0.5) is 23.2 Å². The first-order valence-electron chi connectivity index (χ1n) is 11.1. The van der Waals surface area contributed by atoms with Gasteiger partial charge in [-0.15, -0.1) is 0 Å².